The topological polar surface area (TPSA) is 74.5 Å². The monoisotopic (exact) mass is 535 g/mol. The van der Waals surface area contributed by atoms with Crippen molar-refractivity contribution in [2.45, 2.75) is 49.6 Å². The van der Waals surface area contributed by atoms with Crippen molar-refractivity contribution in [3.63, 3.8) is 0 Å². The van der Waals surface area contributed by atoms with Crippen molar-refractivity contribution in [3.8, 4) is 0 Å². The fraction of sp³-hybridized carbons (Fsp3) is 0.765. The van der Waals surface area contributed by atoms with Gasteiger partial charge in [0.25, 0.3) is 0 Å². The van der Waals surface area contributed by atoms with Crippen LogP contribution in [-0.2, 0) is 12.6 Å². The molecule has 1 fully saturated rings. The molecule has 1 aliphatic rings. The van der Waals surface area contributed by atoms with Gasteiger partial charge in [-0.1, -0.05) is 0 Å². The van der Waals surface area contributed by atoms with Gasteiger partial charge in [-0.3, -0.25) is 4.99 Å². The minimum Gasteiger partial charge on any atom is -0.374 e. The molecule has 1 aromatic rings. The number of nitrogens with zero attached hydrogens (tertiary/aromatic N) is 3. The summed E-state index contributed by atoms with van der Waals surface area (Å²) >= 11 is 1.87. The molecule has 0 spiro atoms. The molecule has 2 rings (SSSR count). The molecule has 0 aromatic carbocycles. The number of alkyl halides is 3. The van der Waals surface area contributed by atoms with Gasteiger partial charge in [0, 0.05) is 43.7 Å². The van der Waals surface area contributed by atoms with Crippen molar-refractivity contribution >= 4 is 41.7 Å². The zero-order chi connectivity index (χ0) is 20.1. The third-order valence-electron chi connectivity index (χ3n) is 4.66. The van der Waals surface area contributed by atoms with Gasteiger partial charge < -0.3 is 20.3 Å². The Bertz CT molecular complexity index is 649. The van der Waals surface area contributed by atoms with Gasteiger partial charge in [-0.25, -0.2) is 4.98 Å². The molecule has 0 amide bonds. The highest BCUT2D eigenvalue weighted by molar-refractivity contribution is 14.0. The molecule has 0 aliphatic carbocycles. The normalized spacial score (nSPS) is 22.5. The second kappa shape index (κ2) is 10.4. The number of rotatable bonds is 7. The van der Waals surface area contributed by atoms with Gasteiger partial charge in [0.15, 0.2) is 5.96 Å². The van der Waals surface area contributed by atoms with Gasteiger partial charge in [-0.15, -0.1) is 24.0 Å². The predicted octanol–water partition coefficient (Wildman–Crippen LogP) is 3.02. The van der Waals surface area contributed by atoms with Crippen LogP contribution in [0.4, 0.5) is 13.2 Å². The number of thioether (sulfide) groups is 1. The number of halogens is 4. The molecule has 1 aromatic heterocycles. The van der Waals surface area contributed by atoms with Gasteiger partial charge in [0.2, 0.25) is 5.60 Å². The van der Waals surface area contributed by atoms with E-state index in [1.807, 2.05) is 18.7 Å². The van der Waals surface area contributed by atoms with E-state index in [2.05, 4.69) is 27.5 Å². The summed E-state index contributed by atoms with van der Waals surface area (Å²) in [7, 11) is 1.43. The van der Waals surface area contributed by atoms with E-state index in [1.165, 1.54) is 24.0 Å². The number of aliphatic hydroxyl groups is 1. The Hall–Kier alpha value is -0.690. The highest BCUT2D eigenvalue weighted by Gasteiger charge is 2.57. The largest absolute Gasteiger partial charge is 0.424 e. The average molecular weight is 535 g/mol. The van der Waals surface area contributed by atoms with Gasteiger partial charge >= 0.3 is 6.18 Å². The van der Waals surface area contributed by atoms with E-state index in [9.17, 15) is 18.3 Å². The zero-order valence-corrected chi connectivity index (χ0v) is 19.5. The quantitative estimate of drug-likeness (QED) is 0.285. The zero-order valence-electron chi connectivity index (χ0n) is 16.3. The Kier molecular flexibility index (Phi) is 9.39. The van der Waals surface area contributed by atoms with Gasteiger partial charge in [0.05, 0.1) is 6.54 Å². The number of hydrogen-bond acceptors (Lipinski definition) is 4. The Labute approximate surface area is 185 Å². The van der Waals surface area contributed by atoms with Crippen molar-refractivity contribution in [1.82, 2.24) is 20.2 Å². The van der Waals surface area contributed by atoms with Crippen molar-refractivity contribution in [2.24, 2.45) is 12.0 Å². The molecule has 11 heteroatoms. The fourth-order valence-electron chi connectivity index (χ4n) is 3.06. The smallest absolute Gasteiger partial charge is 0.374 e. The third kappa shape index (κ3) is 6.15. The molecular weight excluding hydrogens is 506 g/mol. The number of hydrogen-bond donors (Lipinski definition) is 3. The molecule has 1 saturated heterocycles. The first-order chi connectivity index (χ1) is 12.6. The van der Waals surface area contributed by atoms with Crippen molar-refractivity contribution in [2.75, 3.05) is 25.4 Å². The maximum Gasteiger partial charge on any atom is 0.424 e. The predicted molar refractivity (Wildman–Crippen MR) is 117 cm³/mol. The van der Waals surface area contributed by atoms with E-state index in [0.29, 0.717) is 19.0 Å². The lowest BCUT2D eigenvalue weighted by Gasteiger charge is -2.30. The van der Waals surface area contributed by atoms with Crippen LogP contribution in [0.5, 0.6) is 0 Å². The van der Waals surface area contributed by atoms with E-state index in [0.717, 1.165) is 18.6 Å². The number of guanidine groups is 1. The number of aliphatic imine (C=N–C) groups is 1. The summed E-state index contributed by atoms with van der Waals surface area (Å²) in [4.78, 5) is 8.22. The van der Waals surface area contributed by atoms with Crippen LogP contribution in [0.1, 0.15) is 38.9 Å². The lowest BCUT2D eigenvalue weighted by molar-refractivity contribution is -0.272. The first-order valence-corrected chi connectivity index (χ1v) is 10.0. The molecule has 0 saturated carbocycles. The van der Waals surface area contributed by atoms with Crippen LogP contribution >= 0.6 is 35.7 Å². The molecule has 0 radical (unpaired) electrons. The number of nitrogens with one attached hydrogen (secondary N) is 2. The van der Waals surface area contributed by atoms with E-state index in [4.69, 9.17) is 0 Å². The van der Waals surface area contributed by atoms with Gasteiger partial charge in [-0.05, 0) is 32.4 Å². The third-order valence-corrected chi connectivity index (χ3v) is 6.18. The molecule has 0 bridgehead atoms. The first kappa shape index (κ1) is 25.3. The van der Waals surface area contributed by atoms with Crippen molar-refractivity contribution in [1.29, 1.82) is 0 Å². The second-order valence-electron chi connectivity index (χ2n) is 6.99. The van der Waals surface area contributed by atoms with Gasteiger partial charge in [-0.2, -0.15) is 24.9 Å². The molecule has 3 N–H and O–H groups in total. The van der Waals surface area contributed by atoms with E-state index >= 15 is 0 Å². The molecule has 1 aliphatic heterocycles. The minimum atomic E-state index is -4.84. The first-order valence-electron chi connectivity index (χ1n) is 9.04. The number of imidazole rings is 1. The molecule has 2 unspecified atom stereocenters. The maximum absolute atomic E-state index is 13.5. The van der Waals surface area contributed by atoms with Crippen LogP contribution in [0.25, 0.3) is 0 Å². The van der Waals surface area contributed by atoms with Crippen molar-refractivity contribution in [3.05, 3.63) is 18.2 Å². The highest BCUT2D eigenvalue weighted by atomic mass is 127. The summed E-state index contributed by atoms with van der Waals surface area (Å²) in [6.45, 7) is 5.14. The van der Waals surface area contributed by atoms with Crippen LogP contribution in [0.15, 0.2) is 17.4 Å². The maximum atomic E-state index is 13.5. The standard InChI is InChI=1S/C17H28F3N5OS.HI/c1-4-21-14(24-12-15(2)6-5-11-27-15)23-8-7-16(26,17(18,19)20)13-22-9-10-25(13)3;/h9-10,26H,4-8,11-12H2,1-3H3,(H2,21,23,24);1H. The molecule has 2 heterocycles. The van der Waals surface area contributed by atoms with Crippen LogP contribution in [0, 0.1) is 0 Å². The van der Waals surface area contributed by atoms with Crippen LogP contribution in [0.2, 0.25) is 0 Å². The minimum absolute atomic E-state index is 0. The van der Waals surface area contributed by atoms with E-state index in [-0.39, 0.29) is 35.3 Å². The van der Waals surface area contributed by atoms with E-state index < -0.39 is 24.0 Å². The lowest BCUT2D eigenvalue weighted by atomic mass is 9.97. The second-order valence-corrected chi connectivity index (χ2v) is 8.68. The summed E-state index contributed by atoms with van der Waals surface area (Å²) in [6, 6.07) is 0. The number of aryl methyl sites for hydroxylation is 1. The van der Waals surface area contributed by atoms with Gasteiger partial charge in [0.1, 0.15) is 5.82 Å². The van der Waals surface area contributed by atoms with Crippen LogP contribution in [-0.4, -0.2) is 56.9 Å². The molecule has 2 atom stereocenters. The molecule has 28 heavy (non-hydrogen) atoms. The Balaban J connectivity index is 0.00000392. The lowest BCUT2D eigenvalue weighted by Crippen LogP contribution is -2.48. The van der Waals surface area contributed by atoms with E-state index in [1.54, 1.807) is 0 Å². The summed E-state index contributed by atoms with van der Waals surface area (Å²) in [5, 5.41) is 16.3. The molecule has 6 nitrogen and oxygen atoms in total. The Morgan fingerprint density at radius 3 is 2.64 bits per heavy atom. The Morgan fingerprint density at radius 1 is 1.43 bits per heavy atom. The highest BCUT2D eigenvalue weighted by Crippen LogP contribution is 2.40. The SMILES string of the molecule is CCNC(=NCC1(C)CCCS1)NCCC(O)(c1nccn1C)C(F)(F)F.I. The molecular formula is C17H29F3IN5OS. The Morgan fingerprint density at radius 2 is 2.14 bits per heavy atom. The average Bonchev–Trinajstić information content (AvgIpc) is 3.20. The molecule has 162 valence electrons. The summed E-state index contributed by atoms with van der Waals surface area (Å²) in [6.07, 6.45) is -0.554. The fourth-order valence-corrected chi connectivity index (χ4v) is 4.28. The number of aromatic nitrogens is 2. The summed E-state index contributed by atoms with van der Waals surface area (Å²) in [5.74, 6) is 1.14. The summed E-state index contributed by atoms with van der Waals surface area (Å²) < 4.78 is 41.9. The van der Waals surface area contributed by atoms with Crippen LogP contribution in [0.3, 0.4) is 0 Å². The van der Waals surface area contributed by atoms with Crippen LogP contribution < -0.4 is 10.6 Å². The van der Waals surface area contributed by atoms with Crippen molar-refractivity contribution < 1.29 is 18.3 Å². The summed E-state index contributed by atoms with van der Waals surface area (Å²) in [5.41, 5.74) is -3.02.